The molecule has 4 rings (SSSR count). The van der Waals surface area contributed by atoms with Crippen molar-refractivity contribution < 1.29 is 26.7 Å². The largest absolute Gasteiger partial charge is 0.378 e. The van der Waals surface area contributed by atoms with Crippen LogP contribution in [0.15, 0.2) is 24.5 Å². The maximum atomic E-state index is 13.0. The number of nitrogens with zero attached hydrogens (tertiary/aromatic N) is 5. The molecule has 0 radical (unpaired) electrons. The zero-order valence-corrected chi connectivity index (χ0v) is 18.8. The van der Waals surface area contributed by atoms with Crippen LogP contribution < -0.4 is 4.31 Å². The van der Waals surface area contributed by atoms with Crippen LogP contribution in [0.5, 0.6) is 0 Å². The SMILES string of the molecule is COC1CS(=O)(=O)N(c2cnn3c2CN(C(=O)Cc2ccnc(C(F)F)c2)[C@@H](C)C3)C1C. The van der Waals surface area contributed by atoms with Gasteiger partial charge in [0.05, 0.1) is 55.0 Å². The molecule has 2 aromatic rings. The summed E-state index contributed by atoms with van der Waals surface area (Å²) < 4.78 is 59.8. The van der Waals surface area contributed by atoms with E-state index >= 15 is 0 Å². The number of halogens is 2. The number of pyridine rings is 1. The van der Waals surface area contributed by atoms with E-state index in [1.54, 1.807) is 16.5 Å². The van der Waals surface area contributed by atoms with Crippen molar-refractivity contribution in [2.24, 2.45) is 0 Å². The summed E-state index contributed by atoms with van der Waals surface area (Å²) in [6.07, 6.45) is -0.453. The number of sulfonamides is 1. The number of hydrogen-bond acceptors (Lipinski definition) is 6. The van der Waals surface area contributed by atoms with Gasteiger partial charge in [-0.3, -0.25) is 18.8 Å². The minimum absolute atomic E-state index is 0.0553. The summed E-state index contributed by atoms with van der Waals surface area (Å²) >= 11 is 0. The van der Waals surface area contributed by atoms with Crippen LogP contribution in [0, 0.1) is 0 Å². The van der Waals surface area contributed by atoms with Crippen molar-refractivity contribution in [3.63, 3.8) is 0 Å². The number of hydrogen-bond donors (Lipinski definition) is 0. The fourth-order valence-corrected chi connectivity index (χ4v) is 6.46. The van der Waals surface area contributed by atoms with Gasteiger partial charge in [-0.1, -0.05) is 0 Å². The summed E-state index contributed by atoms with van der Waals surface area (Å²) in [5.74, 6) is -0.363. The average Bonchev–Trinajstić information content (AvgIpc) is 3.23. The van der Waals surface area contributed by atoms with Crippen LogP contribution in [0.1, 0.15) is 37.2 Å². The van der Waals surface area contributed by atoms with E-state index < -0.39 is 28.6 Å². The van der Waals surface area contributed by atoms with Gasteiger partial charge >= 0.3 is 0 Å². The van der Waals surface area contributed by atoms with Crippen molar-refractivity contribution in [1.82, 2.24) is 19.7 Å². The van der Waals surface area contributed by atoms with Gasteiger partial charge < -0.3 is 9.64 Å². The first-order valence-electron chi connectivity index (χ1n) is 10.2. The summed E-state index contributed by atoms with van der Waals surface area (Å²) in [5.41, 5.74) is 1.13. The first-order chi connectivity index (χ1) is 15.1. The third-order valence-electron chi connectivity index (χ3n) is 6.08. The minimum atomic E-state index is -3.59. The van der Waals surface area contributed by atoms with Crippen LogP contribution in [0.2, 0.25) is 0 Å². The highest BCUT2D eigenvalue weighted by molar-refractivity contribution is 7.93. The zero-order chi connectivity index (χ0) is 23.2. The number of rotatable bonds is 5. The summed E-state index contributed by atoms with van der Waals surface area (Å²) in [4.78, 5) is 18.3. The van der Waals surface area contributed by atoms with E-state index in [1.165, 1.54) is 35.9 Å². The lowest BCUT2D eigenvalue weighted by molar-refractivity contribution is -0.134. The number of ether oxygens (including phenoxy) is 1. The highest BCUT2D eigenvalue weighted by atomic mass is 32.2. The lowest BCUT2D eigenvalue weighted by Crippen LogP contribution is -2.46. The molecule has 174 valence electrons. The molecule has 1 amide bonds. The van der Waals surface area contributed by atoms with Crippen molar-refractivity contribution in [3.05, 3.63) is 41.5 Å². The van der Waals surface area contributed by atoms with E-state index in [0.29, 0.717) is 23.5 Å². The van der Waals surface area contributed by atoms with E-state index in [9.17, 15) is 22.0 Å². The molecule has 2 aromatic heterocycles. The van der Waals surface area contributed by atoms with E-state index in [-0.39, 0.29) is 36.4 Å². The Hall–Kier alpha value is -2.60. The molecule has 9 nitrogen and oxygen atoms in total. The molecule has 0 aromatic carbocycles. The van der Waals surface area contributed by atoms with Crippen LogP contribution in [0.25, 0.3) is 0 Å². The zero-order valence-electron chi connectivity index (χ0n) is 18.0. The Balaban J connectivity index is 1.59. The lowest BCUT2D eigenvalue weighted by atomic mass is 10.1. The van der Waals surface area contributed by atoms with Crippen LogP contribution in [0.4, 0.5) is 14.5 Å². The number of methoxy groups -OCH3 is 1. The van der Waals surface area contributed by atoms with E-state index in [1.807, 2.05) is 6.92 Å². The molecule has 4 heterocycles. The van der Waals surface area contributed by atoms with E-state index in [2.05, 4.69) is 10.1 Å². The van der Waals surface area contributed by atoms with Gasteiger partial charge in [-0.05, 0) is 31.5 Å². The van der Waals surface area contributed by atoms with Gasteiger partial charge in [0, 0.05) is 19.3 Å². The number of fused-ring (bicyclic) bond motifs is 1. The molecule has 2 aliphatic rings. The number of amides is 1. The molecule has 1 fully saturated rings. The summed E-state index contributed by atoms with van der Waals surface area (Å²) in [6, 6.07) is 2.17. The molecule has 0 saturated carbocycles. The normalized spacial score (nSPS) is 24.8. The maximum Gasteiger partial charge on any atom is 0.280 e. The summed E-state index contributed by atoms with van der Waals surface area (Å²) in [7, 11) is -2.11. The van der Waals surface area contributed by atoms with Crippen molar-refractivity contribution in [2.75, 3.05) is 17.2 Å². The molecule has 0 spiro atoms. The standard InChI is InChI=1S/C20H25F2N5O4S/c1-12-9-26-17(16(8-24-26)27-13(2)18(31-3)11-32(27,29)30)10-25(12)19(28)7-14-4-5-23-15(6-14)20(21)22/h4-6,8,12-13,18,20H,7,9-11H2,1-3H3/t12-,13?,18?/m0/s1. The Kier molecular flexibility index (Phi) is 5.93. The number of carbonyl (C=O) groups is 1. The van der Waals surface area contributed by atoms with Crippen LogP contribution in [-0.2, 0) is 39.1 Å². The van der Waals surface area contributed by atoms with Crippen molar-refractivity contribution >= 4 is 21.6 Å². The van der Waals surface area contributed by atoms with Crippen LogP contribution in [0.3, 0.4) is 0 Å². The molecule has 0 aliphatic carbocycles. The second-order valence-corrected chi connectivity index (χ2v) is 10.1. The van der Waals surface area contributed by atoms with Crippen molar-refractivity contribution in [2.45, 2.75) is 58.0 Å². The van der Waals surface area contributed by atoms with Gasteiger partial charge in [0.25, 0.3) is 6.43 Å². The summed E-state index contributed by atoms with van der Waals surface area (Å²) in [5, 5.41) is 4.35. The highest BCUT2D eigenvalue weighted by Gasteiger charge is 2.45. The molecule has 1 saturated heterocycles. The monoisotopic (exact) mass is 469 g/mol. The minimum Gasteiger partial charge on any atom is -0.378 e. The van der Waals surface area contributed by atoms with Gasteiger partial charge in [-0.25, -0.2) is 17.2 Å². The maximum absolute atomic E-state index is 13.0. The van der Waals surface area contributed by atoms with Gasteiger partial charge in [-0.2, -0.15) is 5.10 Å². The fraction of sp³-hybridized carbons (Fsp3) is 0.550. The number of carbonyl (C=O) groups excluding carboxylic acids is 1. The van der Waals surface area contributed by atoms with Crippen molar-refractivity contribution in [1.29, 1.82) is 0 Å². The van der Waals surface area contributed by atoms with E-state index in [4.69, 9.17) is 4.74 Å². The van der Waals surface area contributed by atoms with Crippen molar-refractivity contribution in [3.8, 4) is 0 Å². The molecular weight excluding hydrogens is 444 g/mol. The van der Waals surface area contributed by atoms with Gasteiger partial charge in [-0.15, -0.1) is 0 Å². The Morgan fingerprint density at radius 3 is 2.75 bits per heavy atom. The molecular formula is C20H25F2N5O4S. The number of aromatic nitrogens is 3. The Morgan fingerprint density at radius 1 is 1.34 bits per heavy atom. The first-order valence-corrected chi connectivity index (χ1v) is 11.8. The van der Waals surface area contributed by atoms with E-state index in [0.717, 1.165) is 0 Å². The lowest BCUT2D eigenvalue weighted by Gasteiger charge is -2.35. The predicted molar refractivity (Wildman–Crippen MR) is 112 cm³/mol. The van der Waals surface area contributed by atoms with Gasteiger partial charge in [0.2, 0.25) is 15.9 Å². The molecule has 2 unspecified atom stereocenters. The molecule has 0 bridgehead atoms. The number of anilines is 1. The Morgan fingerprint density at radius 2 is 2.09 bits per heavy atom. The average molecular weight is 470 g/mol. The highest BCUT2D eigenvalue weighted by Crippen LogP contribution is 2.35. The summed E-state index contributed by atoms with van der Waals surface area (Å²) in [6.45, 7) is 4.21. The smallest absolute Gasteiger partial charge is 0.280 e. The van der Waals surface area contributed by atoms with Gasteiger partial charge in [0.15, 0.2) is 0 Å². The molecule has 0 N–H and O–H groups in total. The third-order valence-corrected chi connectivity index (χ3v) is 7.96. The molecule has 12 heteroatoms. The third kappa shape index (κ3) is 3.96. The molecule has 3 atom stereocenters. The second kappa shape index (κ2) is 8.39. The topological polar surface area (TPSA) is 97.6 Å². The fourth-order valence-electron chi connectivity index (χ4n) is 4.37. The van der Waals surface area contributed by atoms with Gasteiger partial charge in [0.1, 0.15) is 5.69 Å². The van der Waals surface area contributed by atoms with Crippen LogP contribution in [-0.4, -0.2) is 65.0 Å². The first kappa shape index (κ1) is 22.6. The Bertz CT molecular complexity index is 1120. The Labute approximate surface area is 185 Å². The van der Waals surface area contributed by atoms with Crippen LogP contribution >= 0.6 is 0 Å². The predicted octanol–water partition coefficient (Wildman–Crippen LogP) is 1.74. The quantitative estimate of drug-likeness (QED) is 0.662. The second-order valence-electron chi connectivity index (χ2n) is 8.18. The molecule has 32 heavy (non-hydrogen) atoms. The number of alkyl halides is 2. The molecule has 2 aliphatic heterocycles.